The second-order valence-electron chi connectivity index (χ2n) is 9.57. The molecule has 0 fully saturated rings. The molecule has 10 heteroatoms. The number of hydrogen-bond acceptors (Lipinski definition) is 8. The average Bonchev–Trinajstić information content (AvgIpc) is 3.29. The summed E-state index contributed by atoms with van der Waals surface area (Å²) in [6.07, 6.45) is 3.02. The van der Waals surface area contributed by atoms with E-state index in [0.717, 1.165) is 22.8 Å². The fraction of sp³-hybridized carbons (Fsp3) is 0.250. The molecule has 1 aliphatic heterocycles. The molecule has 3 aromatic carbocycles. The molecule has 4 aromatic rings. The van der Waals surface area contributed by atoms with E-state index in [1.807, 2.05) is 43.3 Å². The largest absolute Gasteiger partial charge is 0.496 e. The third-order valence-corrected chi connectivity index (χ3v) is 7.84. The molecule has 1 N–H and O–H groups in total. The van der Waals surface area contributed by atoms with Crippen LogP contribution >= 0.6 is 11.3 Å². The van der Waals surface area contributed by atoms with Crippen molar-refractivity contribution < 1.29 is 28.9 Å². The van der Waals surface area contributed by atoms with Gasteiger partial charge in [-0.1, -0.05) is 67.1 Å². The molecule has 0 aliphatic carbocycles. The lowest BCUT2D eigenvalue weighted by Crippen LogP contribution is -2.40. The molecule has 1 unspecified atom stereocenters. The monoisotopic (exact) mass is 586 g/mol. The lowest BCUT2D eigenvalue weighted by atomic mass is 9.90. The number of fused-ring (bicyclic) bond motifs is 2. The molecule has 2 heterocycles. The molecule has 9 nitrogen and oxygen atoms in total. The molecule has 216 valence electrons. The molecular formula is C32H30N2O7S. The Labute approximate surface area is 245 Å². The van der Waals surface area contributed by atoms with Gasteiger partial charge in [0.2, 0.25) is 0 Å². The van der Waals surface area contributed by atoms with Crippen molar-refractivity contribution >= 4 is 40.1 Å². The quantitative estimate of drug-likeness (QED) is 0.277. The van der Waals surface area contributed by atoms with E-state index >= 15 is 0 Å². The van der Waals surface area contributed by atoms with Gasteiger partial charge in [-0.25, -0.2) is 14.6 Å². The van der Waals surface area contributed by atoms with Gasteiger partial charge >= 0.3 is 11.9 Å². The number of carbonyl (C=O) groups excluding carboxylic acids is 1. The Balaban J connectivity index is 1.75. The van der Waals surface area contributed by atoms with Crippen molar-refractivity contribution in [2.75, 3.05) is 20.3 Å². The first kappa shape index (κ1) is 28.8. The smallest absolute Gasteiger partial charge is 0.341 e. The summed E-state index contributed by atoms with van der Waals surface area (Å²) in [7, 11) is 1.57. The van der Waals surface area contributed by atoms with Crippen LogP contribution in [-0.4, -0.2) is 41.9 Å². The number of carboxylic acids is 1. The van der Waals surface area contributed by atoms with Crippen molar-refractivity contribution in [3.05, 3.63) is 103 Å². The summed E-state index contributed by atoms with van der Waals surface area (Å²) >= 11 is 1.24. The van der Waals surface area contributed by atoms with Crippen molar-refractivity contribution in [2.45, 2.75) is 32.7 Å². The zero-order valence-electron chi connectivity index (χ0n) is 23.5. The minimum absolute atomic E-state index is 0.178. The number of aliphatic carboxylic acids is 1. The van der Waals surface area contributed by atoms with Gasteiger partial charge in [-0.05, 0) is 54.0 Å². The highest BCUT2D eigenvalue weighted by molar-refractivity contribution is 7.07. The molecule has 1 atom stereocenters. The summed E-state index contributed by atoms with van der Waals surface area (Å²) in [5.41, 5.74) is 2.02. The fourth-order valence-electron chi connectivity index (χ4n) is 5.09. The van der Waals surface area contributed by atoms with Crippen LogP contribution in [0.2, 0.25) is 0 Å². The number of carbonyl (C=O) groups is 2. The van der Waals surface area contributed by atoms with Gasteiger partial charge in [0.15, 0.2) is 11.4 Å². The minimum atomic E-state index is -1.07. The van der Waals surface area contributed by atoms with Crippen molar-refractivity contribution in [2.24, 2.45) is 4.99 Å². The van der Waals surface area contributed by atoms with E-state index in [1.54, 1.807) is 48.9 Å². The van der Waals surface area contributed by atoms with E-state index in [9.17, 15) is 14.4 Å². The number of methoxy groups -OCH3 is 1. The van der Waals surface area contributed by atoms with Gasteiger partial charge in [-0.2, -0.15) is 0 Å². The van der Waals surface area contributed by atoms with Crippen molar-refractivity contribution in [3.8, 4) is 11.5 Å². The predicted octanol–water partition coefficient (Wildman–Crippen LogP) is 4.20. The number of rotatable bonds is 10. The first-order valence-electron chi connectivity index (χ1n) is 13.6. The van der Waals surface area contributed by atoms with Crippen LogP contribution in [0, 0.1) is 0 Å². The van der Waals surface area contributed by atoms with Gasteiger partial charge in [0.1, 0.15) is 17.5 Å². The second kappa shape index (κ2) is 12.4. The van der Waals surface area contributed by atoms with Crippen LogP contribution in [0.3, 0.4) is 0 Å². The van der Waals surface area contributed by atoms with Crippen LogP contribution < -0.4 is 24.4 Å². The fourth-order valence-corrected chi connectivity index (χ4v) is 6.11. The topological polar surface area (TPSA) is 116 Å². The standard InChI is InChI=1S/C32H30N2O7S/c1-4-8-23-28(31(38)40-5-2)29(27-22-10-7-6-9-20(22)13-16-24(27)39-3)34-30(37)25(42-32(34)33-23)17-19-11-14-21(15-12-19)41-18-26(35)36/h6-7,9-17,29H,4-5,8,18H2,1-3H3,(H,35,36). The highest BCUT2D eigenvalue weighted by Crippen LogP contribution is 2.41. The molecule has 0 saturated carbocycles. The molecule has 0 saturated heterocycles. The number of hydrogen-bond donors (Lipinski definition) is 1. The zero-order valence-corrected chi connectivity index (χ0v) is 24.3. The Bertz CT molecular complexity index is 1870. The lowest BCUT2D eigenvalue weighted by Gasteiger charge is -2.28. The Kier molecular flexibility index (Phi) is 8.53. The first-order chi connectivity index (χ1) is 20.4. The number of nitrogens with zero attached hydrogens (tertiary/aromatic N) is 2. The number of aromatic nitrogens is 1. The van der Waals surface area contributed by atoms with E-state index in [4.69, 9.17) is 24.3 Å². The average molecular weight is 587 g/mol. The maximum absolute atomic E-state index is 14.1. The van der Waals surface area contributed by atoms with Crippen LogP contribution in [0.4, 0.5) is 0 Å². The van der Waals surface area contributed by atoms with Crippen LogP contribution in [0.1, 0.15) is 43.9 Å². The summed E-state index contributed by atoms with van der Waals surface area (Å²) in [6, 6.07) is 17.5. The number of esters is 1. The first-order valence-corrected chi connectivity index (χ1v) is 14.4. The summed E-state index contributed by atoms with van der Waals surface area (Å²) in [5, 5.41) is 10.6. The Hall–Kier alpha value is -4.70. The Morgan fingerprint density at radius 2 is 1.83 bits per heavy atom. The molecule has 0 bridgehead atoms. The van der Waals surface area contributed by atoms with Gasteiger partial charge in [0.25, 0.3) is 5.56 Å². The molecule has 1 aromatic heterocycles. The van der Waals surface area contributed by atoms with Crippen LogP contribution in [-0.2, 0) is 14.3 Å². The van der Waals surface area contributed by atoms with Crippen LogP contribution in [0.25, 0.3) is 16.8 Å². The van der Waals surface area contributed by atoms with Gasteiger partial charge < -0.3 is 19.3 Å². The van der Waals surface area contributed by atoms with Gasteiger partial charge in [0.05, 0.1) is 29.5 Å². The number of benzene rings is 3. The SMILES string of the molecule is CCCC1=C(C(=O)OCC)C(c2c(OC)ccc3ccccc23)n2c(sc(=Cc3ccc(OCC(=O)O)cc3)c2=O)=N1. The van der Waals surface area contributed by atoms with Gasteiger partial charge in [-0.15, -0.1) is 0 Å². The number of allylic oxidation sites excluding steroid dienone is 1. The highest BCUT2D eigenvalue weighted by Gasteiger charge is 2.37. The number of ether oxygens (including phenoxy) is 3. The number of thiazole rings is 1. The van der Waals surface area contributed by atoms with Crippen molar-refractivity contribution in [3.63, 3.8) is 0 Å². The highest BCUT2D eigenvalue weighted by atomic mass is 32.1. The second-order valence-corrected chi connectivity index (χ2v) is 10.6. The number of carboxylic acid groups (broad SMARTS) is 1. The van der Waals surface area contributed by atoms with Crippen molar-refractivity contribution in [1.82, 2.24) is 4.57 Å². The Morgan fingerprint density at radius 1 is 1.07 bits per heavy atom. The third kappa shape index (κ3) is 5.58. The van der Waals surface area contributed by atoms with Crippen molar-refractivity contribution in [1.29, 1.82) is 0 Å². The van der Waals surface area contributed by atoms with Crippen LogP contribution in [0.15, 0.2) is 81.7 Å². The zero-order chi connectivity index (χ0) is 29.8. The third-order valence-electron chi connectivity index (χ3n) is 6.86. The maximum Gasteiger partial charge on any atom is 0.341 e. The normalized spacial score (nSPS) is 14.8. The predicted molar refractivity (Wildman–Crippen MR) is 160 cm³/mol. The summed E-state index contributed by atoms with van der Waals surface area (Å²) < 4.78 is 18.6. The van der Waals surface area contributed by atoms with Crippen LogP contribution in [0.5, 0.6) is 11.5 Å². The molecule has 42 heavy (non-hydrogen) atoms. The van der Waals surface area contributed by atoms with E-state index in [-0.39, 0.29) is 12.2 Å². The molecule has 5 rings (SSSR count). The van der Waals surface area contributed by atoms with Gasteiger partial charge in [0, 0.05) is 5.56 Å². The minimum Gasteiger partial charge on any atom is -0.496 e. The van der Waals surface area contributed by atoms with E-state index in [0.29, 0.717) is 44.1 Å². The van der Waals surface area contributed by atoms with E-state index in [2.05, 4.69) is 0 Å². The molecule has 0 spiro atoms. The Morgan fingerprint density at radius 3 is 2.52 bits per heavy atom. The molecular weight excluding hydrogens is 556 g/mol. The van der Waals surface area contributed by atoms with E-state index < -0.39 is 24.6 Å². The molecule has 0 radical (unpaired) electrons. The van der Waals surface area contributed by atoms with Gasteiger partial charge in [-0.3, -0.25) is 9.36 Å². The maximum atomic E-state index is 14.1. The van der Waals surface area contributed by atoms with E-state index in [1.165, 1.54) is 11.3 Å². The lowest BCUT2D eigenvalue weighted by molar-refractivity contribution is -0.140. The summed E-state index contributed by atoms with van der Waals surface area (Å²) in [6.45, 7) is 3.49. The summed E-state index contributed by atoms with van der Waals surface area (Å²) in [4.78, 5) is 43.9. The summed E-state index contributed by atoms with van der Waals surface area (Å²) in [5.74, 6) is -0.634. The molecule has 1 aliphatic rings. The molecule has 0 amide bonds.